The number of piperazine rings is 1. The van der Waals surface area contributed by atoms with Crippen LogP contribution in [0.15, 0.2) is 46.5 Å². The van der Waals surface area contributed by atoms with E-state index in [4.69, 9.17) is 0 Å². The number of likely N-dealkylation sites (N-methyl/N-ethyl adjacent to an activating group) is 1. The lowest BCUT2D eigenvalue weighted by molar-refractivity contribution is -1.02. The average Bonchev–Trinajstić information content (AvgIpc) is 2.78. The molecule has 1 saturated heterocycles. The van der Waals surface area contributed by atoms with Gasteiger partial charge in [-0.3, -0.25) is 0 Å². The van der Waals surface area contributed by atoms with Crippen LogP contribution in [-0.4, -0.2) is 38.2 Å². The van der Waals surface area contributed by atoms with Gasteiger partial charge in [-0.05, 0) is 35.2 Å². The molecule has 1 atom stereocenters. The van der Waals surface area contributed by atoms with E-state index in [0.29, 0.717) is 12.0 Å². The molecule has 0 spiro atoms. The second kappa shape index (κ2) is 7.10. The molecule has 1 aromatic carbocycles. The van der Waals surface area contributed by atoms with Gasteiger partial charge in [-0.2, -0.15) is 0 Å². The van der Waals surface area contributed by atoms with Gasteiger partial charge in [0.05, 0.1) is 7.05 Å². The van der Waals surface area contributed by atoms with Crippen LogP contribution in [0.1, 0.15) is 42.5 Å². The number of pyridine rings is 1. The molecule has 3 heterocycles. The van der Waals surface area contributed by atoms with Crippen LogP contribution < -0.4 is 9.80 Å². The zero-order chi connectivity index (χ0) is 17.4. The molecule has 0 aliphatic carbocycles. The molecule has 2 aromatic rings. The van der Waals surface area contributed by atoms with E-state index in [2.05, 4.69) is 56.2 Å². The first-order valence-electron chi connectivity index (χ1n) is 9.53. The van der Waals surface area contributed by atoms with E-state index in [1.807, 2.05) is 18.0 Å². The summed E-state index contributed by atoms with van der Waals surface area (Å²) in [5.74, 6) is 0.576. The summed E-state index contributed by atoms with van der Waals surface area (Å²) in [6, 6.07) is 12.1. The van der Waals surface area contributed by atoms with Gasteiger partial charge in [0.2, 0.25) is 0 Å². The summed E-state index contributed by atoms with van der Waals surface area (Å²) < 4.78 is 0. The van der Waals surface area contributed by atoms with E-state index in [1.165, 1.54) is 47.2 Å². The quantitative estimate of drug-likeness (QED) is 0.849. The Kier molecular flexibility index (Phi) is 4.85. The van der Waals surface area contributed by atoms with E-state index in [0.717, 1.165) is 6.42 Å². The van der Waals surface area contributed by atoms with Crippen molar-refractivity contribution in [2.75, 3.05) is 33.2 Å². The Bertz CT molecular complexity index is 751. The van der Waals surface area contributed by atoms with E-state index >= 15 is 0 Å². The monoisotopic (exact) mass is 355 g/mol. The molecule has 0 unspecified atom stereocenters. The van der Waals surface area contributed by atoms with Crippen molar-refractivity contribution in [2.45, 2.75) is 42.1 Å². The number of rotatable bonds is 2. The highest BCUT2D eigenvalue weighted by molar-refractivity contribution is 7.99. The minimum atomic E-state index is 0.555. The van der Waals surface area contributed by atoms with Crippen molar-refractivity contribution in [3.63, 3.8) is 0 Å². The van der Waals surface area contributed by atoms with Crippen LogP contribution in [0.3, 0.4) is 0 Å². The molecule has 0 radical (unpaired) electrons. The summed E-state index contributed by atoms with van der Waals surface area (Å²) >= 11 is 1.86. The van der Waals surface area contributed by atoms with Gasteiger partial charge < -0.3 is 9.80 Å². The molecule has 1 aromatic heterocycles. The number of nitrogens with one attached hydrogen (secondary N) is 2. The predicted octanol–water partition coefficient (Wildman–Crippen LogP) is 1.37. The van der Waals surface area contributed by atoms with Crippen LogP contribution in [-0.2, 0) is 6.42 Å². The van der Waals surface area contributed by atoms with Crippen LogP contribution in [0.25, 0.3) is 0 Å². The third kappa shape index (κ3) is 3.48. The molecule has 132 valence electrons. The third-order valence-electron chi connectivity index (χ3n) is 5.80. The maximum atomic E-state index is 4.68. The first kappa shape index (κ1) is 17.1. The largest absolute Gasteiger partial charge is 0.328 e. The molecule has 2 aliphatic rings. The van der Waals surface area contributed by atoms with E-state index in [-0.39, 0.29) is 0 Å². The molecule has 3 nitrogen and oxygen atoms in total. The van der Waals surface area contributed by atoms with Gasteiger partial charge in [0.1, 0.15) is 37.2 Å². The van der Waals surface area contributed by atoms with Gasteiger partial charge in [0, 0.05) is 23.1 Å². The summed E-state index contributed by atoms with van der Waals surface area (Å²) in [5, 5.41) is 1.20. The second-order valence-electron chi connectivity index (χ2n) is 7.89. The average molecular weight is 356 g/mol. The molecule has 2 N–H and O–H groups in total. The topological polar surface area (TPSA) is 21.8 Å². The van der Waals surface area contributed by atoms with Crippen molar-refractivity contribution in [3.05, 3.63) is 53.2 Å². The van der Waals surface area contributed by atoms with Crippen LogP contribution in [0.5, 0.6) is 0 Å². The van der Waals surface area contributed by atoms with Crippen LogP contribution in [0.4, 0.5) is 0 Å². The molecular weight excluding hydrogens is 326 g/mol. The first-order chi connectivity index (χ1) is 12.1. The Balaban J connectivity index is 1.77. The molecular formula is C21H29N3S+2. The molecule has 25 heavy (non-hydrogen) atoms. The minimum Gasteiger partial charge on any atom is -0.328 e. The molecule has 4 heteroatoms. The highest BCUT2D eigenvalue weighted by atomic mass is 32.2. The number of hydrogen-bond donors (Lipinski definition) is 2. The Morgan fingerprint density at radius 1 is 1.12 bits per heavy atom. The van der Waals surface area contributed by atoms with Gasteiger partial charge in [-0.15, -0.1) is 0 Å². The van der Waals surface area contributed by atoms with Crippen molar-refractivity contribution in [2.24, 2.45) is 0 Å². The zero-order valence-corrected chi connectivity index (χ0v) is 16.3. The maximum absolute atomic E-state index is 4.68. The minimum absolute atomic E-state index is 0.555. The van der Waals surface area contributed by atoms with Crippen molar-refractivity contribution in [1.82, 2.24) is 4.98 Å². The fraction of sp³-hybridized carbons (Fsp3) is 0.476. The van der Waals surface area contributed by atoms with Gasteiger partial charge in [0.25, 0.3) is 0 Å². The van der Waals surface area contributed by atoms with Crippen molar-refractivity contribution < 1.29 is 9.80 Å². The Hall–Kier alpha value is -1.36. The number of nitrogens with zero attached hydrogens (tertiary/aromatic N) is 1. The predicted molar refractivity (Wildman–Crippen MR) is 103 cm³/mol. The molecule has 1 fully saturated rings. The standard InChI is InChI=1S/C21H27N3S/c1-15(2)16-6-7-20-18(13-16)19(24-11-9-23(3)10-12-24)14-17-5-4-8-22-21(17)25-20/h4-8,13,15,19H,9-12,14H2,1-3H3/p+2/t19-/m0/s1. The highest BCUT2D eigenvalue weighted by Crippen LogP contribution is 2.39. The first-order valence-corrected chi connectivity index (χ1v) is 10.3. The summed E-state index contributed by atoms with van der Waals surface area (Å²) in [4.78, 5) is 9.51. The van der Waals surface area contributed by atoms with Crippen molar-refractivity contribution in [1.29, 1.82) is 0 Å². The number of fused-ring (bicyclic) bond motifs is 2. The summed E-state index contributed by atoms with van der Waals surface area (Å²) in [6.45, 7) is 9.67. The van der Waals surface area contributed by atoms with Gasteiger partial charge >= 0.3 is 0 Å². The van der Waals surface area contributed by atoms with Gasteiger partial charge in [0.15, 0.2) is 0 Å². The maximum Gasteiger partial charge on any atom is 0.127 e. The number of aromatic nitrogens is 1. The van der Waals surface area contributed by atoms with E-state index in [1.54, 1.807) is 15.4 Å². The third-order valence-corrected chi connectivity index (χ3v) is 6.95. The number of hydrogen-bond acceptors (Lipinski definition) is 2. The Morgan fingerprint density at radius 3 is 2.68 bits per heavy atom. The molecule has 0 saturated carbocycles. The number of quaternary nitrogens is 2. The van der Waals surface area contributed by atoms with E-state index in [9.17, 15) is 0 Å². The van der Waals surface area contributed by atoms with Crippen LogP contribution in [0, 0.1) is 0 Å². The molecule has 0 bridgehead atoms. The summed E-state index contributed by atoms with van der Waals surface area (Å²) in [5.41, 5.74) is 4.42. The number of benzene rings is 1. The normalized spacial score (nSPS) is 26.0. The van der Waals surface area contributed by atoms with Crippen LogP contribution in [0.2, 0.25) is 0 Å². The van der Waals surface area contributed by atoms with Gasteiger partial charge in [-0.1, -0.05) is 37.7 Å². The summed E-state index contributed by atoms with van der Waals surface area (Å²) in [6.07, 6.45) is 3.04. The van der Waals surface area contributed by atoms with Crippen LogP contribution >= 0.6 is 11.8 Å². The molecule has 0 amide bonds. The Morgan fingerprint density at radius 2 is 1.92 bits per heavy atom. The fourth-order valence-corrected chi connectivity index (χ4v) is 5.17. The van der Waals surface area contributed by atoms with E-state index < -0.39 is 0 Å². The zero-order valence-electron chi connectivity index (χ0n) is 15.5. The lowest BCUT2D eigenvalue weighted by atomic mass is 9.93. The second-order valence-corrected chi connectivity index (χ2v) is 8.92. The lowest BCUT2D eigenvalue weighted by Gasteiger charge is -2.34. The summed E-state index contributed by atoms with van der Waals surface area (Å²) in [7, 11) is 2.32. The molecule has 4 rings (SSSR count). The Labute approximate surface area is 155 Å². The smallest absolute Gasteiger partial charge is 0.127 e. The fourth-order valence-electron chi connectivity index (χ4n) is 4.11. The lowest BCUT2D eigenvalue weighted by Crippen LogP contribution is -3.27. The highest BCUT2D eigenvalue weighted by Gasteiger charge is 2.34. The van der Waals surface area contributed by atoms with Crippen molar-refractivity contribution in [3.8, 4) is 0 Å². The van der Waals surface area contributed by atoms with Gasteiger partial charge in [-0.25, -0.2) is 4.98 Å². The SMILES string of the molecule is CC(C)c1ccc2c(c1)[C@@H]([NH+]1CC[NH+](C)CC1)Cc1cccnc1S2. The molecule has 2 aliphatic heterocycles. The van der Waals surface area contributed by atoms with Crippen molar-refractivity contribution >= 4 is 11.8 Å².